The van der Waals surface area contributed by atoms with Crippen molar-refractivity contribution in [3.63, 3.8) is 0 Å². The van der Waals surface area contributed by atoms with Crippen LogP contribution >= 0.6 is 0 Å². The Morgan fingerprint density at radius 1 is 1.36 bits per heavy atom. The van der Waals surface area contributed by atoms with E-state index < -0.39 is 0 Å². The summed E-state index contributed by atoms with van der Waals surface area (Å²) in [5, 5.41) is 0. The summed E-state index contributed by atoms with van der Waals surface area (Å²) < 4.78 is 0. The quantitative estimate of drug-likeness (QED) is 0.492. The van der Waals surface area contributed by atoms with Gasteiger partial charge in [0.05, 0.1) is 11.9 Å². The lowest BCUT2D eigenvalue weighted by Crippen LogP contribution is -2.18. The Labute approximate surface area is 69.9 Å². The molecule has 0 aromatic rings. The van der Waals surface area contributed by atoms with Gasteiger partial charge < -0.3 is 5.73 Å². The number of rotatable bonds is 4. The Balaban J connectivity index is 3.98. The second kappa shape index (κ2) is 5.16. The number of hydrogen-bond acceptors (Lipinski definition) is 1. The first-order valence-corrected chi connectivity index (χ1v) is 4.41. The molecule has 0 aliphatic carbocycles. The molecule has 0 aromatic heterocycles. The molecule has 1 atom stereocenters. The number of nitrogens with zero attached hydrogens (tertiary/aromatic N) is 1. The van der Waals surface area contributed by atoms with E-state index in [1.807, 2.05) is 6.92 Å². The lowest BCUT2D eigenvalue weighted by atomic mass is 9.96. The van der Waals surface area contributed by atoms with Crippen LogP contribution in [0.5, 0.6) is 0 Å². The van der Waals surface area contributed by atoms with Crippen LogP contribution in [0.4, 0.5) is 0 Å². The first kappa shape index (κ1) is 10.5. The Morgan fingerprint density at radius 3 is 2.09 bits per heavy atom. The fourth-order valence-electron chi connectivity index (χ4n) is 1.40. The largest absolute Gasteiger partial charge is 0.388 e. The van der Waals surface area contributed by atoms with E-state index in [9.17, 15) is 0 Å². The van der Waals surface area contributed by atoms with E-state index in [4.69, 9.17) is 5.73 Å². The van der Waals surface area contributed by atoms with Crippen molar-refractivity contribution in [1.29, 1.82) is 0 Å². The van der Waals surface area contributed by atoms with Crippen LogP contribution in [0.25, 0.3) is 0 Å². The maximum absolute atomic E-state index is 5.49. The molecule has 0 aromatic carbocycles. The molecule has 0 rings (SSSR count). The second-order valence-electron chi connectivity index (χ2n) is 3.09. The summed E-state index contributed by atoms with van der Waals surface area (Å²) in [4.78, 5) is 4.31. The van der Waals surface area contributed by atoms with Gasteiger partial charge in [0, 0.05) is 0 Å². The molecule has 0 saturated heterocycles. The number of amidine groups is 1. The average molecular weight is 156 g/mol. The van der Waals surface area contributed by atoms with Crippen molar-refractivity contribution in [2.45, 2.75) is 46.6 Å². The predicted molar refractivity (Wildman–Crippen MR) is 50.8 cm³/mol. The highest BCUT2D eigenvalue weighted by Crippen LogP contribution is 2.15. The molecule has 0 aliphatic rings. The zero-order valence-corrected chi connectivity index (χ0v) is 8.09. The van der Waals surface area contributed by atoms with Gasteiger partial charge >= 0.3 is 0 Å². The minimum atomic E-state index is 0.384. The van der Waals surface area contributed by atoms with Crippen LogP contribution in [-0.2, 0) is 0 Å². The summed E-state index contributed by atoms with van der Waals surface area (Å²) in [6.07, 6.45) is 2.38. The van der Waals surface area contributed by atoms with E-state index in [1.165, 1.54) is 12.8 Å². The van der Waals surface area contributed by atoms with Gasteiger partial charge in [-0.05, 0) is 19.8 Å². The van der Waals surface area contributed by atoms with E-state index in [0.29, 0.717) is 17.8 Å². The molecule has 0 bridgehead atoms. The monoisotopic (exact) mass is 156 g/mol. The van der Waals surface area contributed by atoms with Crippen molar-refractivity contribution >= 4 is 5.84 Å². The van der Waals surface area contributed by atoms with E-state index in [1.54, 1.807) is 0 Å². The minimum Gasteiger partial charge on any atom is -0.388 e. The molecule has 0 amide bonds. The highest BCUT2D eigenvalue weighted by Gasteiger charge is 2.11. The zero-order valence-electron chi connectivity index (χ0n) is 8.09. The third kappa shape index (κ3) is 4.02. The molecule has 11 heavy (non-hydrogen) atoms. The molecule has 2 heteroatoms. The SMILES string of the molecule is CCC(CC)C(C)N=C(C)N. The Morgan fingerprint density at radius 2 is 1.82 bits per heavy atom. The molecule has 66 valence electrons. The van der Waals surface area contributed by atoms with Crippen molar-refractivity contribution in [3.05, 3.63) is 0 Å². The van der Waals surface area contributed by atoms with Gasteiger partial charge in [-0.15, -0.1) is 0 Å². The first-order valence-electron chi connectivity index (χ1n) is 4.41. The van der Waals surface area contributed by atoms with Gasteiger partial charge in [0.1, 0.15) is 0 Å². The average Bonchev–Trinajstić information content (AvgIpc) is 1.88. The topological polar surface area (TPSA) is 38.4 Å². The minimum absolute atomic E-state index is 0.384. The van der Waals surface area contributed by atoms with E-state index in [-0.39, 0.29) is 0 Å². The Hall–Kier alpha value is -0.530. The van der Waals surface area contributed by atoms with Gasteiger partial charge in [-0.2, -0.15) is 0 Å². The molecule has 0 spiro atoms. The lowest BCUT2D eigenvalue weighted by Gasteiger charge is -2.17. The third-order valence-corrected chi connectivity index (χ3v) is 2.14. The lowest BCUT2D eigenvalue weighted by molar-refractivity contribution is 0.419. The second-order valence-corrected chi connectivity index (χ2v) is 3.09. The highest BCUT2D eigenvalue weighted by atomic mass is 14.9. The van der Waals surface area contributed by atoms with Crippen LogP contribution in [-0.4, -0.2) is 11.9 Å². The number of nitrogens with two attached hydrogens (primary N) is 1. The van der Waals surface area contributed by atoms with Crippen molar-refractivity contribution < 1.29 is 0 Å². The molecule has 2 nitrogen and oxygen atoms in total. The summed E-state index contributed by atoms with van der Waals surface area (Å²) in [6.45, 7) is 8.38. The highest BCUT2D eigenvalue weighted by molar-refractivity contribution is 5.77. The van der Waals surface area contributed by atoms with E-state index in [0.717, 1.165) is 0 Å². The molecule has 0 aliphatic heterocycles. The molecule has 1 unspecified atom stereocenters. The molecule has 0 saturated carbocycles. The standard InChI is InChI=1S/C9H20N2/c1-5-9(6-2)7(3)11-8(4)10/h7,9H,5-6H2,1-4H3,(H2,10,11). The maximum Gasteiger partial charge on any atom is 0.0909 e. The fourth-order valence-corrected chi connectivity index (χ4v) is 1.40. The van der Waals surface area contributed by atoms with Crippen molar-refractivity contribution in [2.24, 2.45) is 16.6 Å². The van der Waals surface area contributed by atoms with Gasteiger partial charge in [0.25, 0.3) is 0 Å². The third-order valence-electron chi connectivity index (χ3n) is 2.14. The molecule has 2 N–H and O–H groups in total. The summed E-state index contributed by atoms with van der Waals surface area (Å²) in [7, 11) is 0. The maximum atomic E-state index is 5.49. The fraction of sp³-hybridized carbons (Fsp3) is 0.889. The van der Waals surface area contributed by atoms with Crippen LogP contribution < -0.4 is 5.73 Å². The van der Waals surface area contributed by atoms with Crippen LogP contribution in [0, 0.1) is 5.92 Å². The smallest absolute Gasteiger partial charge is 0.0909 e. The van der Waals surface area contributed by atoms with E-state index >= 15 is 0 Å². The summed E-state index contributed by atoms with van der Waals surface area (Å²) in [6, 6.07) is 0.384. The van der Waals surface area contributed by atoms with Gasteiger partial charge in [0.15, 0.2) is 0 Å². The first-order chi connectivity index (χ1) is 5.11. The van der Waals surface area contributed by atoms with Crippen molar-refractivity contribution in [3.8, 4) is 0 Å². The molecule has 0 fully saturated rings. The summed E-state index contributed by atoms with van der Waals surface area (Å²) in [5.74, 6) is 1.39. The van der Waals surface area contributed by atoms with Gasteiger partial charge in [-0.25, -0.2) is 0 Å². The molecular weight excluding hydrogens is 136 g/mol. The van der Waals surface area contributed by atoms with Crippen LogP contribution in [0.3, 0.4) is 0 Å². The van der Waals surface area contributed by atoms with Crippen LogP contribution in [0.1, 0.15) is 40.5 Å². The molecular formula is C9H20N2. The van der Waals surface area contributed by atoms with Crippen LogP contribution in [0.15, 0.2) is 4.99 Å². The summed E-state index contributed by atoms with van der Waals surface area (Å²) >= 11 is 0. The van der Waals surface area contributed by atoms with Crippen molar-refractivity contribution in [2.75, 3.05) is 0 Å². The normalized spacial score (nSPS) is 15.5. The van der Waals surface area contributed by atoms with Gasteiger partial charge in [0.2, 0.25) is 0 Å². The van der Waals surface area contributed by atoms with Gasteiger partial charge in [-0.3, -0.25) is 4.99 Å². The Bertz CT molecular complexity index is 122. The van der Waals surface area contributed by atoms with Crippen LogP contribution in [0.2, 0.25) is 0 Å². The number of hydrogen-bond donors (Lipinski definition) is 1. The summed E-state index contributed by atoms with van der Waals surface area (Å²) in [5.41, 5.74) is 5.49. The van der Waals surface area contributed by atoms with Gasteiger partial charge in [-0.1, -0.05) is 26.7 Å². The Kier molecular flexibility index (Phi) is 4.92. The van der Waals surface area contributed by atoms with Crippen molar-refractivity contribution in [1.82, 2.24) is 0 Å². The molecule has 0 radical (unpaired) electrons. The predicted octanol–water partition coefficient (Wildman–Crippen LogP) is 2.19. The molecule has 0 heterocycles. The van der Waals surface area contributed by atoms with E-state index in [2.05, 4.69) is 25.8 Å². The zero-order chi connectivity index (χ0) is 8.85. The number of aliphatic imine (C=N–C) groups is 1.